The second-order valence-corrected chi connectivity index (χ2v) is 10.2. The molecule has 152 valence electrons. The van der Waals surface area contributed by atoms with Crippen LogP contribution in [0.2, 0.25) is 10.0 Å². The van der Waals surface area contributed by atoms with Crippen molar-refractivity contribution in [3.63, 3.8) is 0 Å². The summed E-state index contributed by atoms with van der Waals surface area (Å²) in [5.41, 5.74) is 2.20. The van der Waals surface area contributed by atoms with Crippen molar-refractivity contribution in [3.05, 3.63) is 63.6 Å². The van der Waals surface area contributed by atoms with E-state index in [4.69, 9.17) is 28.3 Å². The van der Waals surface area contributed by atoms with Crippen molar-refractivity contribution in [1.82, 2.24) is 4.72 Å². The van der Waals surface area contributed by atoms with E-state index in [-0.39, 0.29) is 16.9 Å². The van der Waals surface area contributed by atoms with Crippen molar-refractivity contribution in [1.29, 1.82) is 0 Å². The Labute approximate surface area is 176 Å². The average Bonchev–Trinajstić information content (AvgIpc) is 3.10. The molecule has 2 N–H and O–H groups in total. The number of benzene rings is 2. The molecule has 0 radical (unpaired) electrons. The third kappa shape index (κ3) is 5.49. The summed E-state index contributed by atoms with van der Waals surface area (Å²) in [6.45, 7) is 0.524. The molecular weight excluding hydrogens is 417 g/mol. The maximum Gasteiger partial charge on any atom is 0.240 e. The molecule has 4 nitrogen and oxygen atoms in total. The Morgan fingerprint density at radius 3 is 2.11 bits per heavy atom. The van der Waals surface area contributed by atoms with Gasteiger partial charge in [-0.1, -0.05) is 60.3 Å². The van der Waals surface area contributed by atoms with Crippen molar-refractivity contribution >= 4 is 33.2 Å². The Balaban J connectivity index is 1.73. The molecule has 0 bridgehead atoms. The Morgan fingerprint density at radius 2 is 1.54 bits per heavy atom. The molecule has 1 aliphatic rings. The topological polar surface area (TPSA) is 66.4 Å². The number of sulfonamides is 1. The summed E-state index contributed by atoms with van der Waals surface area (Å²) in [4.78, 5) is 0.0894. The van der Waals surface area contributed by atoms with Gasteiger partial charge in [0.2, 0.25) is 10.0 Å². The fourth-order valence-electron chi connectivity index (χ4n) is 3.94. The van der Waals surface area contributed by atoms with Gasteiger partial charge in [0.1, 0.15) is 0 Å². The normalized spacial score (nSPS) is 16.4. The van der Waals surface area contributed by atoms with Crippen molar-refractivity contribution < 1.29 is 13.5 Å². The van der Waals surface area contributed by atoms with Gasteiger partial charge < -0.3 is 5.11 Å². The Kier molecular flexibility index (Phi) is 7.05. The van der Waals surface area contributed by atoms with Gasteiger partial charge in [-0.2, -0.15) is 0 Å². The summed E-state index contributed by atoms with van der Waals surface area (Å²) in [6.07, 6.45) is 5.66. The van der Waals surface area contributed by atoms with Crippen LogP contribution in [0.1, 0.15) is 36.8 Å². The molecule has 0 aromatic heterocycles. The second kappa shape index (κ2) is 9.14. The number of aliphatic hydroxyl groups excluding tert-OH is 1. The van der Waals surface area contributed by atoms with Crippen LogP contribution in [0.4, 0.5) is 0 Å². The molecule has 0 amide bonds. The van der Waals surface area contributed by atoms with Crippen LogP contribution >= 0.6 is 23.2 Å². The summed E-state index contributed by atoms with van der Waals surface area (Å²) < 4.78 is 28.3. The van der Waals surface area contributed by atoms with E-state index >= 15 is 0 Å². The molecule has 1 saturated carbocycles. The minimum absolute atomic E-state index is 0.0894. The quantitative estimate of drug-likeness (QED) is 0.628. The summed E-state index contributed by atoms with van der Waals surface area (Å²) in [5.74, 6) is 0. The van der Waals surface area contributed by atoms with E-state index in [2.05, 4.69) is 16.9 Å². The van der Waals surface area contributed by atoms with Gasteiger partial charge in [0.25, 0.3) is 0 Å². The van der Waals surface area contributed by atoms with Crippen molar-refractivity contribution in [2.24, 2.45) is 5.41 Å². The molecular formula is C21H25Cl2NO3S. The van der Waals surface area contributed by atoms with Gasteiger partial charge >= 0.3 is 0 Å². The molecule has 0 heterocycles. The zero-order valence-corrected chi connectivity index (χ0v) is 18.0. The molecule has 0 aliphatic heterocycles. The first kappa shape index (κ1) is 21.6. The maximum atomic E-state index is 12.8. The van der Waals surface area contributed by atoms with E-state index in [1.54, 1.807) is 0 Å². The molecule has 2 aromatic rings. The standard InChI is InChI=1S/C21H25Cl2NO3S/c22-18-11-19(23)13-20(12-18)28(26,27)24-15-21(8-1-2-9-21)14-17-5-3-16(4-6-17)7-10-25/h3-6,11-13,24-25H,1-2,7-10,14-15H2. The Bertz CT molecular complexity index is 887. The van der Waals surface area contributed by atoms with Crippen LogP contribution in [0.3, 0.4) is 0 Å². The SMILES string of the molecule is O=S(=O)(NCC1(Cc2ccc(CCO)cc2)CCCC1)c1cc(Cl)cc(Cl)c1. The Morgan fingerprint density at radius 1 is 0.964 bits per heavy atom. The molecule has 0 saturated heterocycles. The lowest BCUT2D eigenvalue weighted by atomic mass is 9.80. The van der Waals surface area contributed by atoms with Gasteiger partial charge in [-0.15, -0.1) is 0 Å². The number of nitrogens with one attached hydrogen (secondary N) is 1. The van der Waals surface area contributed by atoms with E-state index in [0.29, 0.717) is 23.0 Å². The predicted octanol–water partition coefficient (Wildman–Crippen LogP) is 4.61. The molecule has 28 heavy (non-hydrogen) atoms. The van der Waals surface area contributed by atoms with Gasteiger partial charge in [0, 0.05) is 23.2 Å². The first-order chi connectivity index (χ1) is 13.3. The van der Waals surface area contributed by atoms with Crippen LogP contribution in [-0.2, 0) is 22.9 Å². The number of rotatable bonds is 8. The van der Waals surface area contributed by atoms with E-state index in [0.717, 1.165) is 37.7 Å². The third-order valence-electron chi connectivity index (χ3n) is 5.45. The van der Waals surface area contributed by atoms with Crippen molar-refractivity contribution in [3.8, 4) is 0 Å². The van der Waals surface area contributed by atoms with Crippen LogP contribution in [0.5, 0.6) is 0 Å². The van der Waals surface area contributed by atoms with Gasteiger partial charge in [-0.3, -0.25) is 0 Å². The molecule has 0 unspecified atom stereocenters. The predicted molar refractivity (Wildman–Crippen MR) is 113 cm³/mol. The monoisotopic (exact) mass is 441 g/mol. The molecule has 3 rings (SSSR count). The number of aliphatic hydroxyl groups is 1. The van der Waals surface area contributed by atoms with Crippen LogP contribution < -0.4 is 4.72 Å². The van der Waals surface area contributed by atoms with E-state index < -0.39 is 10.0 Å². The zero-order chi connectivity index (χ0) is 20.2. The highest BCUT2D eigenvalue weighted by Gasteiger charge is 2.35. The highest BCUT2D eigenvalue weighted by Crippen LogP contribution is 2.41. The molecule has 1 aliphatic carbocycles. The Hall–Kier alpha value is -1.11. The van der Waals surface area contributed by atoms with E-state index in [1.165, 1.54) is 23.8 Å². The lowest BCUT2D eigenvalue weighted by Crippen LogP contribution is -2.37. The maximum absolute atomic E-state index is 12.8. The van der Waals surface area contributed by atoms with E-state index in [1.807, 2.05) is 12.1 Å². The minimum Gasteiger partial charge on any atom is -0.396 e. The van der Waals surface area contributed by atoms with Gasteiger partial charge in [-0.05, 0) is 60.4 Å². The van der Waals surface area contributed by atoms with Crippen molar-refractivity contribution in [2.45, 2.75) is 43.4 Å². The van der Waals surface area contributed by atoms with Crippen LogP contribution in [0, 0.1) is 5.41 Å². The lowest BCUT2D eigenvalue weighted by Gasteiger charge is -2.29. The van der Waals surface area contributed by atoms with Crippen LogP contribution in [0.15, 0.2) is 47.4 Å². The largest absolute Gasteiger partial charge is 0.396 e. The first-order valence-corrected chi connectivity index (χ1v) is 11.7. The highest BCUT2D eigenvalue weighted by atomic mass is 35.5. The average molecular weight is 442 g/mol. The van der Waals surface area contributed by atoms with E-state index in [9.17, 15) is 8.42 Å². The first-order valence-electron chi connectivity index (χ1n) is 9.46. The summed E-state index contributed by atoms with van der Waals surface area (Å²) in [7, 11) is -3.68. The summed E-state index contributed by atoms with van der Waals surface area (Å²) in [5, 5.41) is 9.65. The fourth-order valence-corrected chi connectivity index (χ4v) is 5.82. The van der Waals surface area contributed by atoms with Crippen LogP contribution in [0.25, 0.3) is 0 Å². The van der Waals surface area contributed by atoms with Gasteiger partial charge in [0.15, 0.2) is 0 Å². The molecule has 7 heteroatoms. The molecule has 0 spiro atoms. The number of halogens is 2. The van der Waals surface area contributed by atoms with Gasteiger partial charge in [0.05, 0.1) is 4.90 Å². The number of hydrogen-bond acceptors (Lipinski definition) is 3. The van der Waals surface area contributed by atoms with Crippen molar-refractivity contribution in [2.75, 3.05) is 13.2 Å². The number of hydrogen-bond donors (Lipinski definition) is 2. The summed E-state index contributed by atoms with van der Waals surface area (Å²) >= 11 is 11.9. The fraction of sp³-hybridized carbons (Fsp3) is 0.429. The highest BCUT2D eigenvalue weighted by molar-refractivity contribution is 7.89. The third-order valence-corrected chi connectivity index (χ3v) is 7.27. The molecule has 0 atom stereocenters. The smallest absolute Gasteiger partial charge is 0.240 e. The second-order valence-electron chi connectivity index (χ2n) is 7.60. The molecule has 2 aromatic carbocycles. The molecule has 1 fully saturated rings. The van der Waals surface area contributed by atoms with Crippen LogP contribution in [-0.4, -0.2) is 26.7 Å². The summed E-state index contributed by atoms with van der Waals surface area (Å²) in [6, 6.07) is 12.6. The lowest BCUT2D eigenvalue weighted by molar-refractivity contribution is 0.294. The minimum atomic E-state index is -3.68. The van der Waals surface area contributed by atoms with Gasteiger partial charge in [-0.25, -0.2) is 13.1 Å². The zero-order valence-electron chi connectivity index (χ0n) is 15.6.